The number of nitrogens with zero attached hydrogens (tertiary/aromatic N) is 2. The first kappa shape index (κ1) is 25.5. The van der Waals surface area contributed by atoms with Crippen LogP contribution in [0.4, 0.5) is 0 Å². The van der Waals surface area contributed by atoms with Gasteiger partial charge < -0.3 is 4.74 Å². The number of ether oxygens (including phenoxy) is 1. The smallest absolute Gasteiger partial charge is 0.143 e. The van der Waals surface area contributed by atoms with E-state index in [0.29, 0.717) is 32.7 Å². The lowest BCUT2D eigenvalue weighted by Gasteiger charge is -2.12. The summed E-state index contributed by atoms with van der Waals surface area (Å²) in [6, 6.07) is 29.8. The highest BCUT2D eigenvalue weighted by Gasteiger charge is 2.10. The maximum atomic E-state index is 9.15. The molecule has 0 radical (unpaired) electrons. The maximum absolute atomic E-state index is 9.15. The topological polar surface area (TPSA) is 56.8 Å². The Kier molecular flexibility index (Phi) is 8.50. The van der Waals surface area contributed by atoms with Gasteiger partial charge in [0, 0.05) is 21.2 Å². The summed E-state index contributed by atoms with van der Waals surface area (Å²) in [5.41, 5.74) is 4.55. The van der Waals surface area contributed by atoms with E-state index in [1.165, 1.54) is 0 Å². The molecule has 0 spiro atoms. The molecular formula is C32H18Cl2N2O. The lowest BCUT2D eigenvalue weighted by Crippen LogP contribution is -1.95. The van der Waals surface area contributed by atoms with Crippen LogP contribution in [0.5, 0.6) is 11.5 Å². The van der Waals surface area contributed by atoms with Crippen LogP contribution < -0.4 is 4.74 Å². The number of rotatable bonds is 4. The Hall–Kier alpha value is -4.64. The zero-order chi connectivity index (χ0) is 26.0. The molecule has 0 saturated heterocycles. The number of halogens is 2. The normalized spacial score (nSPS) is 9.62. The minimum Gasteiger partial charge on any atom is -0.455 e. The van der Waals surface area contributed by atoms with Crippen LogP contribution in [0.1, 0.15) is 33.4 Å². The Balaban J connectivity index is 1.73. The molecule has 4 aromatic carbocycles. The molecule has 176 valence electrons. The molecule has 0 aliphatic heterocycles. The van der Waals surface area contributed by atoms with Gasteiger partial charge in [0.2, 0.25) is 0 Å². The largest absolute Gasteiger partial charge is 0.455 e. The third kappa shape index (κ3) is 7.18. The van der Waals surface area contributed by atoms with Gasteiger partial charge >= 0.3 is 0 Å². The number of hydrogen-bond acceptors (Lipinski definition) is 3. The van der Waals surface area contributed by atoms with Gasteiger partial charge in [0.25, 0.3) is 0 Å². The lowest BCUT2D eigenvalue weighted by atomic mass is 10.1. The third-order valence-electron chi connectivity index (χ3n) is 5.25. The van der Waals surface area contributed by atoms with Crippen LogP contribution in [-0.2, 0) is 12.8 Å². The summed E-state index contributed by atoms with van der Waals surface area (Å²) in [6.07, 6.45) is 0.521. The van der Waals surface area contributed by atoms with Crippen molar-refractivity contribution < 1.29 is 4.74 Å². The van der Waals surface area contributed by atoms with Crippen molar-refractivity contribution in [2.75, 3.05) is 0 Å². The zero-order valence-corrected chi connectivity index (χ0v) is 21.1. The second kappa shape index (κ2) is 12.4. The minimum atomic E-state index is 0.260. The average Bonchev–Trinajstić information content (AvgIpc) is 2.90. The molecule has 0 amide bonds. The minimum absolute atomic E-state index is 0.260. The first-order chi connectivity index (χ1) is 18.0. The summed E-state index contributed by atoms with van der Waals surface area (Å²) in [5, 5.41) is 19.6. The van der Waals surface area contributed by atoms with E-state index in [9.17, 15) is 0 Å². The Morgan fingerprint density at radius 1 is 0.541 bits per heavy atom. The molecule has 37 heavy (non-hydrogen) atoms. The van der Waals surface area contributed by atoms with E-state index in [1.54, 1.807) is 36.4 Å². The van der Waals surface area contributed by atoms with E-state index in [2.05, 4.69) is 35.8 Å². The van der Waals surface area contributed by atoms with Crippen molar-refractivity contribution in [3.05, 3.63) is 128 Å². The number of nitriles is 2. The molecule has 0 fully saturated rings. The van der Waals surface area contributed by atoms with Gasteiger partial charge in [-0.15, -0.1) is 0 Å². The highest BCUT2D eigenvalue weighted by Crippen LogP contribution is 2.30. The van der Waals surface area contributed by atoms with Crippen molar-refractivity contribution in [3.8, 4) is 47.3 Å². The first-order valence-corrected chi connectivity index (χ1v) is 12.0. The highest BCUT2D eigenvalue weighted by atomic mass is 35.5. The molecule has 0 saturated carbocycles. The molecule has 3 nitrogen and oxygen atoms in total. The Labute approximate surface area is 226 Å². The van der Waals surface area contributed by atoms with Crippen LogP contribution in [0.15, 0.2) is 84.9 Å². The van der Waals surface area contributed by atoms with E-state index in [0.717, 1.165) is 22.3 Å². The van der Waals surface area contributed by atoms with Crippen LogP contribution in [-0.4, -0.2) is 0 Å². The standard InChI is InChI=1S/C32H18Cl2N2O/c33-29-11-3-23(4-12-29)1-9-27-21-25(17-19-35)7-15-31(27)37-32-16-8-26(18-20-36)22-28(32)10-2-24-5-13-30(34)14-6-24/h3-8,11-16,21-22H,17-18H2. The second-order valence-corrected chi connectivity index (χ2v) is 8.82. The van der Waals surface area contributed by atoms with Gasteiger partial charge in [-0.05, 0) is 83.9 Å². The van der Waals surface area contributed by atoms with E-state index in [-0.39, 0.29) is 12.8 Å². The summed E-state index contributed by atoms with van der Waals surface area (Å²) < 4.78 is 6.31. The summed E-state index contributed by atoms with van der Waals surface area (Å²) in [6.45, 7) is 0. The maximum Gasteiger partial charge on any atom is 0.143 e. The Morgan fingerprint density at radius 2 is 0.946 bits per heavy atom. The van der Waals surface area contributed by atoms with Crippen LogP contribution in [0.25, 0.3) is 0 Å². The SMILES string of the molecule is N#CCc1ccc(Oc2ccc(CC#N)cc2C#Cc2ccc(Cl)cc2)c(C#Cc2ccc(Cl)cc2)c1. The van der Waals surface area contributed by atoms with Gasteiger partial charge in [-0.2, -0.15) is 10.5 Å². The summed E-state index contributed by atoms with van der Waals surface area (Å²) in [7, 11) is 0. The van der Waals surface area contributed by atoms with Gasteiger partial charge in [0.05, 0.1) is 36.1 Å². The first-order valence-electron chi connectivity index (χ1n) is 11.3. The fourth-order valence-corrected chi connectivity index (χ4v) is 3.65. The van der Waals surface area contributed by atoms with E-state index >= 15 is 0 Å². The molecule has 0 unspecified atom stereocenters. The lowest BCUT2D eigenvalue weighted by molar-refractivity contribution is 0.479. The monoisotopic (exact) mass is 516 g/mol. The third-order valence-corrected chi connectivity index (χ3v) is 5.75. The molecule has 0 aliphatic rings. The second-order valence-electron chi connectivity index (χ2n) is 7.95. The van der Waals surface area contributed by atoms with Crippen molar-refractivity contribution in [2.24, 2.45) is 0 Å². The molecule has 0 aromatic heterocycles. The molecule has 0 heterocycles. The fourth-order valence-electron chi connectivity index (χ4n) is 3.39. The zero-order valence-electron chi connectivity index (χ0n) is 19.6. The van der Waals surface area contributed by atoms with Crippen molar-refractivity contribution in [1.29, 1.82) is 10.5 Å². The van der Waals surface area contributed by atoms with E-state index in [4.69, 9.17) is 38.5 Å². The molecule has 4 aromatic rings. The summed E-state index contributed by atoms with van der Waals surface area (Å²) in [4.78, 5) is 0. The van der Waals surface area contributed by atoms with Crippen LogP contribution in [0, 0.1) is 46.3 Å². The van der Waals surface area contributed by atoms with Gasteiger partial charge in [-0.1, -0.05) is 59.0 Å². The summed E-state index contributed by atoms with van der Waals surface area (Å²) in [5.74, 6) is 13.7. The van der Waals surface area contributed by atoms with Gasteiger partial charge in [0.1, 0.15) is 11.5 Å². The molecule has 0 N–H and O–H groups in total. The van der Waals surface area contributed by atoms with Gasteiger partial charge in [-0.25, -0.2) is 0 Å². The molecule has 4 rings (SSSR count). The van der Waals surface area contributed by atoms with Gasteiger partial charge in [-0.3, -0.25) is 0 Å². The van der Waals surface area contributed by atoms with Crippen LogP contribution in [0.2, 0.25) is 10.0 Å². The van der Waals surface area contributed by atoms with Crippen LogP contribution >= 0.6 is 23.2 Å². The average molecular weight is 517 g/mol. The molecule has 0 bridgehead atoms. The van der Waals surface area contributed by atoms with E-state index < -0.39 is 0 Å². The van der Waals surface area contributed by atoms with Crippen molar-refractivity contribution in [2.45, 2.75) is 12.8 Å². The number of benzene rings is 4. The molecule has 0 aliphatic carbocycles. The molecule has 0 atom stereocenters. The van der Waals surface area contributed by atoms with E-state index in [1.807, 2.05) is 48.5 Å². The Morgan fingerprint density at radius 3 is 1.32 bits per heavy atom. The molecular weight excluding hydrogens is 499 g/mol. The fraction of sp³-hybridized carbons (Fsp3) is 0.0625. The van der Waals surface area contributed by atoms with Crippen molar-refractivity contribution >= 4 is 23.2 Å². The highest BCUT2D eigenvalue weighted by molar-refractivity contribution is 6.30. The predicted molar refractivity (Wildman–Crippen MR) is 146 cm³/mol. The van der Waals surface area contributed by atoms with Crippen molar-refractivity contribution in [1.82, 2.24) is 0 Å². The quantitative estimate of drug-likeness (QED) is 0.261. The number of hydrogen-bond donors (Lipinski definition) is 0. The predicted octanol–water partition coefficient (Wildman–Crippen LogP) is 7.72. The van der Waals surface area contributed by atoms with Crippen LogP contribution in [0.3, 0.4) is 0 Å². The molecule has 5 heteroatoms. The van der Waals surface area contributed by atoms with Gasteiger partial charge in [0.15, 0.2) is 0 Å². The van der Waals surface area contributed by atoms with Crippen molar-refractivity contribution in [3.63, 3.8) is 0 Å². The Bertz CT molecular complexity index is 1510. The summed E-state index contributed by atoms with van der Waals surface area (Å²) >= 11 is 12.0.